The molecule has 1 saturated carbocycles. The minimum atomic E-state index is -0.363. The van der Waals surface area contributed by atoms with Gasteiger partial charge in [-0.25, -0.2) is 0 Å². The van der Waals surface area contributed by atoms with Crippen LogP contribution in [0.5, 0.6) is 0 Å². The van der Waals surface area contributed by atoms with Crippen LogP contribution in [0, 0.1) is 17.8 Å². The number of benzene rings is 2. The molecule has 6 atom stereocenters. The average Bonchev–Trinajstić information content (AvgIpc) is 2.85. The molecular weight excluding hydrogens is 424 g/mol. The van der Waals surface area contributed by atoms with Gasteiger partial charge in [0.15, 0.2) is 6.29 Å². The van der Waals surface area contributed by atoms with E-state index >= 15 is 0 Å². The van der Waals surface area contributed by atoms with E-state index in [0.29, 0.717) is 37.6 Å². The smallest absolute Gasteiger partial charge is 0.177 e. The zero-order chi connectivity index (χ0) is 23.8. The Morgan fingerprint density at radius 3 is 2.24 bits per heavy atom. The van der Waals surface area contributed by atoms with Crippen LogP contribution in [-0.2, 0) is 32.2 Å². The molecule has 1 aliphatic carbocycles. The summed E-state index contributed by atoms with van der Waals surface area (Å²) in [5.74, 6) is 1.88. The van der Waals surface area contributed by atoms with Crippen molar-refractivity contribution in [2.24, 2.45) is 17.8 Å². The summed E-state index contributed by atoms with van der Waals surface area (Å²) in [4.78, 5) is 0. The molecule has 1 heterocycles. The largest absolute Gasteiger partial charge is 0.374 e. The molecule has 0 radical (unpaired) electrons. The van der Waals surface area contributed by atoms with Crippen molar-refractivity contribution in [1.82, 2.24) is 0 Å². The van der Waals surface area contributed by atoms with Gasteiger partial charge in [-0.1, -0.05) is 93.9 Å². The van der Waals surface area contributed by atoms with Crippen LogP contribution in [-0.4, -0.2) is 31.2 Å². The molecule has 0 amide bonds. The van der Waals surface area contributed by atoms with Gasteiger partial charge in [0.25, 0.3) is 0 Å². The Balaban J connectivity index is 1.39. The van der Waals surface area contributed by atoms with Crippen molar-refractivity contribution >= 4 is 0 Å². The summed E-state index contributed by atoms with van der Waals surface area (Å²) in [6.45, 7) is 8.49. The lowest BCUT2D eigenvalue weighted by molar-refractivity contribution is -0.224. The van der Waals surface area contributed by atoms with Crippen molar-refractivity contribution < 1.29 is 18.9 Å². The highest BCUT2D eigenvalue weighted by Crippen LogP contribution is 2.36. The third kappa shape index (κ3) is 7.26. The molecule has 1 aliphatic heterocycles. The van der Waals surface area contributed by atoms with Crippen LogP contribution in [0.15, 0.2) is 72.8 Å². The third-order valence-electron chi connectivity index (χ3n) is 7.08. The topological polar surface area (TPSA) is 36.9 Å². The molecule has 0 saturated heterocycles. The number of ether oxygens (including phenoxy) is 4. The van der Waals surface area contributed by atoms with Crippen LogP contribution >= 0.6 is 0 Å². The first-order valence-electron chi connectivity index (χ1n) is 12.8. The van der Waals surface area contributed by atoms with Crippen molar-refractivity contribution in [2.75, 3.05) is 6.61 Å². The van der Waals surface area contributed by atoms with Gasteiger partial charge in [-0.15, -0.1) is 0 Å². The SMILES string of the molecule is CC(C)[C@H]1CC[C@H](C)C[C@@H]1O[C@@H]1C=C[C@@H](OCc2ccccc2)[C@@H](COCc2ccccc2)O1. The summed E-state index contributed by atoms with van der Waals surface area (Å²) >= 11 is 0. The Labute approximate surface area is 205 Å². The fourth-order valence-corrected chi connectivity index (χ4v) is 5.07. The molecule has 34 heavy (non-hydrogen) atoms. The summed E-state index contributed by atoms with van der Waals surface area (Å²) in [6.07, 6.45) is 7.21. The van der Waals surface area contributed by atoms with Gasteiger partial charge >= 0.3 is 0 Å². The van der Waals surface area contributed by atoms with E-state index in [-0.39, 0.29) is 24.6 Å². The molecule has 2 aromatic carbocycles. The van der Waals surface area contributed by atoms with Gasteiger partial charge < -0.3 is 18.9 Å². The fourth-order valence-electron chi connectivity index (χ4n) is 5.07. The number of hydrogen-bond donors (Lipinski definition) is 0. The molecule has 2 aromatic rings. The zero-order valence-electron chi connectivity index (χ0n) is 20.8. The Morgan fingerprint density at radius 2 is 1.56 bits per heavy atom. The molecule has 0 N–H and O–H groups in total. The van der Waals surface area contributed by atoms with Gasteiger partial charge in [0.1, 0.15) is 12.2 Å². The van der Waals surface area contributed by atoms with Gasteiger partial charge in [-0.2, -0.15) is 0 Å². The van der Waals surface area contributed by atoms with Crippen LogP contribution in [0.2, 0.25) is 0 Å². The molecular formula is C30H40O4. The van der Waals surface area contributed by atoms with E-state index in [4.69, 9.17) is 18.9 Å². The highest BCUT2D eigenvalue weighted by molar-refractivity contribution is 5.14. The van der Waals surface area contributed by atoms with Crippen LogP contribution in [0.3, 0.4) is 0 Å². The second kappa shape index (κ2) is 12.6. The maximum atomic E-state index is 6.56. The third-order valence-corrected chi connectivity index (χ3v) is 7.08. The van der Waals surface area contributed by atoms with Crippen molar-refractivity contribution in [3.63, 3.8) is 0 Å². The molecule has 2 aliphatic rings. The van der Waals surface area contributed by atoms with Gasteiger partial charge in [-0.3, -0.25) is 0 Å². The van der Waals surface area contributed by atoms with Crippen LogP contribution in [0.4, 0.5) is 0 Å². The first-order valence-corrected chi connectivity index (χ1v) is 12.8. The predicted molar refractivity (Wildman–Crippen MR) is 135 cm³/mol. The summed E-state index contributed by atoms with van der Waals surface area (Å²) in [5.41, 5.74) is 2.30. The lowest BCUT2D eigenvalue weighted by Gasteiger charge is -2.40. The molecule has 0 bridgehead atoms. The van der Waals surface area contributed by atoms with Crippen LogP contribution in [0.1, 0.15) is 51.2 Å². The van der Waals surface area contributed by atoms with E-state index in [2.05, 4.69) is 51.1 Å². The number of rotatable bonds is 10. The van der Waals surface area contributed by atoms with Gasteiger partial charge in [0.2, 0.25) is 0 Å². The highest BCUT2D eigenvalue weighted by atomic mass is 16.7. The van der Waals surface area contributed by atoms with Crippen molar-refractivity contribution in [3.8, 4) is 0 Å². The normalized spacial score (nSPS) is 29.4. The average molecular weight is 465 g/mol. The lowest BCUT2D eigenvalue weighted by atomic mass is 9.75. The fraction of sp³-hybridized carbons (Fsp3) is 0.533. The van der Waals surface area contributed by atoms with Crippen LogP contribution in [0.25, 0.3) is 0 Å². The summed E-state index contributed by atoms with van der Waals surface area (Å²) in [6, 6.07) is 20.5. The minimum absolute atomic E-state index is 0.179. The summed E-state index contributed by atoms with van der Waals surface area (Å²) < 4.78 is 25.3. The summed E-state index contributed by atoms with van der Waals surface area (Å²) in [7, 11) is 0. The Bertz CT molecular complexity index is 866. The Hall–Kier alpha value is -1.98. The van der Waals surface area contributed by atoms with Gasteiger partial charge in [0, 0.05) is 0 Å². The van der Waals surface area contributed by atoms with E-state index in [1.54, 1.807) is 0 Å². The maximum absolute atomic E-state index is 6.56. The molecule has 0 unspecified atom stereocenters. The Kier molecular flexibility index (Phi) is 9.34. The molecule has 1 fully saturated rings. The Morgan fingerprint density at radius 1 is 0.882 bits per heavy atom. The van der Waals surface area contributed by atoms with Gasteiger partial charge in [0.05, 0.1) is 25.9 Å². The molecule has 184 valence electrons. The molecule has 4 nitrogen and oxygen atoms in total. The first-order chi connectivity index (χ1) is 16.6. The second-order valence-corrected chi connectivity index (χ2v) is 10.2. The van der Waals surface area contributed by atoms with E-state index in [9.17, 15) is 0 Å². The van der Waals surface area contributed by atoms with E-state index in [0.717, 1.165) is 17.5 Å². The van der Waals surface area contributed by atoms with Crippen molar-refractivity contribution in [2.45, 2.75) is 77.8 Å². The second-order valence-electron chi connectivity index (χ2n) is 10.2. The highest BCUT2D eigenvalue weighted by Gasteiger charge is 2.35. The molecule has 0 spiro atoms. The first kappa shape index (κ1) is 25.1. The van der Waals surface area contributed by atoms with Crippen molar-refractivity contribution in [3.05, 3.63) is 83.9 Å². The van der Waals surface area contributed by atoms with Crippen LogP contribution < -0.4 is 0 Å². The monoisotopic (exact) mass is 464 g/mol. The molecule has 4 heteroatoms. The summed E-state index contributed by atoms with van der Waals surface area (Å²) in [5, 5.41) is 0. The maximum Gasteiger partial charge on any atom is 0.177 e. The minimum Gasteiger partial charge on any atom is -0.374 e. The van der Waals surface area contributed by atoms with Gasteiger partial charge in [-0.05, 0) is 47.8 Å². The lowest BCUT2D eigenvalue weighted by Crippen LogP contribution is -2.44. The molecule has 4 rings (SSSR count). The van der Waals surface area contributed by atoms with E-state index in [1.807, 2.05) is 42.5 Å². The molecule has 0 aromatic heterocycles. The number of hydrogen-bond acceptors (Lipinski definition) is 4. The van der Waals surface area contributed by atoms with E-state index < -0.39 is 0 Å². The predicted octanol–water partition coefficient (Wildman–Crippen LogP) is 6.55. The quantitative estimate of drug-likeness (QED) is 0.374. The van der Waals surface area contributed by atoms with E-state index in [1.165, 1.54) is 12.8 Å². The zero-order valence-corrected chi connectivity index (χ0v) is 20.8. The standard InChI is InChI=1S/C30H40O4/c1-22(2)26-15-14-23(3)18-28(26)33-30-17-16-27(32-20-25-12-8-5-9-13-25)29(34-30)21-31-19-24-10-6-4-7-11-24/h4-13,16-17,22-23,26-30H,14-15,18-21H2,1-3H3/t23-,26+,27+,28-,29+,30-/m0/s1. The van der Waals surface area contributed by atoms with Crippen molar-refractivity contribution in [1.29, 1.82) is 0 Å².